The monoisotopic (exact) mass is 242 g/mol. The first-order valence-electron chi connectivity index (χ1n) is 4.74. The maximum atomic E-state index is 10.4. The highest BCUT2D eigenvalue weighted by Crippen LogP contribution is 2.04. The summed E-state index contributed by atoms with van der Waals surface area (Å²) in [5.74, 6) is -2.25. The number of benzene rings is 1. The van der Waals surface area contributed by atoms with Crippen molar-refractivity contribution in [1.82, 2.24) is 0 Å². The zero-order valence-corrected chi connectivity index (χ0v) is 9.20. The van der Waals surface area contributed by atoms with E-state index in [9.17, 15) is 9.59 Å². The van der Waals surface area contributed by atoms with Crippen LogP contribution in [-0.4, -0.2) is 45.1 Å². The van der Waals surface area contributed by atoms with Gasteiger partial charge in [-0.2, -0.15) is 0 Å². The van der Waals surface area contributed by atoms with Crippen LogP contribution in [-0.2, 0) is 0 Å². The van der Waals surface area contributed by atoms with E-state index in [0.29, 0.717) is 0 Å². The first-order chi connectivity index (χ1) is 7.88. The fraction of sp³-hybridized carbons (Fsp3) is 0.273. The third-order valence-electron chi connectivity index (χ3n) is 1.62. The van der Waals surface area contributed by atoms with E-state index in [1.54, 1.807) is 0 Å². The molecule has 6 heteroatoms. The van der Waals surface area contributed by atoms with E-state index in [-0.39, 0.29) is 17.7 Å². The Bertz CT molecular complexity index is 356. The molecule has 1 unspecified atom stereocenters. The average molecular weight is 242 g/mol. The fourth-order valence-electron chi connectivity index (χ4n) is 0.785. The van der Waals surface area contributed by atoms with Crippen molar-refractivity contribution in [2.24, 2.45) is 0 Å². The van der Waals surface area contributed by atoms with Gasteiger partial charge in [0.25, 0.3) is 0 Å². The molecule has 0 saturated carbocycles. The van der Waals surface area contributed by atoms with Gasteiger partial charge in [-0.15, -0.1) is 0 Å². The van der Waals surface area contributed by atoms with E-state index in [0.717, 1.165) is 6.07 Å². The van der Waals surface area contributed by atoms with E-state index in [1.807, 2.05) is 0 Å². The second-order valence-electron chi connectivity index (χ2n) is 3.22. The van der Waals surface area contributed by atoms with Crippen molar-refractivity contribution in [1.29, 1.82) is 0 Å². The summed E-state index contributed by atoms with van der Waals surface area (Å²) < 4.78 is 0. The maximum Gasteiger partial charge on any atom is 0.335 e. The molecule has 0 fully saturated rings. The molecule has 1 aromatic rings. The predicted octanol–water partition coefficient (Wildman–Crippen LogP) is 0.443. The lowest BCUT2D eigenvalue weighted by Gasteiger charge is -1.95. The van der Waals surface area contributed by atoms with Crippen molar-refractivity contribution >= 4 is 11.9 Å². The molecule has 0 amide bonds. The van der Waals surface area contributed by atoms with Gasteiger partial charge in [0.05, 0.1) is 23.8 Å². The lowest BCUT2D eigenvalue weighted by Crippen LogP contribution is -2.03. The van der Waals surface area contributed by atoms with E-state index in [2.05, 4.69) is 0 Å². The third kappa shape index (κ3) is 6.29. The van der Waals surface area contributed by atoms with Gasteiger partial charge in [-0.3, -0.25) is 0 Å². The summed E-state index contributed by atoms with van der Waals surface area (Å²) >= 11 is 0. The molecule has 17 heavy (non-hydrogen) atoms. The summed E-state index contributed by atoms with van der Waals surface area (Å²) in [6.45, 7) is 1.39. The summed E-state index contributed by atoms with van der Waals surface area (Å²) in [5.41, 5.74) is -0.0372. The smallest absolute Gasteiger partial charge is 0.335 e. The van der Waals surface area contributed by atoms with Crippen molar-refractivity contribution in [3.8, 4) is 0 Å². The molecular weight excluding hydrogens is 228 g/mol. The predicted molar refractivity (Wildman–Crippen MR) is 59.1 cm³/mol. The molecule has 6 nitrogen and oxygen atoms in total. The molecule has 0 radical (unpaired) electrons. The van der Waals surface area contributed by atoms with Crippen LogP contribution in [0.4, 0.5) is 0 Å². The van der Waals surface area contributed by atoms with Crippen molar-refractivity contribution in [2.75, 3.05) is 6.61 Å². The van der Waals surface area contributed by atoms with E-state index in [4.69, 9.17) is 20.4 Å². The van der Waals surface area contributed by atoms with Gasteiger partial charge in [0.2, 0.25) is 0 Å². The topological polar surface area (TPSA) is 115 Å². The number of rotatable bonds is 3. The molecule has 1 aromatic carbocycles. The molecule has 0 aliphatic heterocycles. The van der Waals surface area contributed by atoms with Gasteiger partial charge in [0, 0.05) is 0 Å². The Morgan fingerprint density at radius 1 is 1.18 bits per heavy atom. The molecule has 1 atom stereocenters. The Morgan fingerprint density at radius 2 is 1.53 bits per heavy atom. The Kier molecular flexibility index (Phi) is 6.54. The normalized spacial score (nSPS) is 11.0. The van der Waals surface area contributed by atoms with Gasteiger partial charge in [0.1, 0.15) is 0 Å². The van der Waals surface area contributed by atoms with Crippen molar-refractivity contribution in [3.63, 3.8) is 0 Å². The summed E-state index contributed by atoms with van der Waals surface area (Å²) in [4.78, 5) is 20.8. The Morgan fingerprint density at radius 3 is 1.76 bits per heavy atom. The van der Waals surface area contributed by atoms with Gasteiger partial charge < -0.3 is 20.4 Å². The molecule has 0 bridgehead atoms. The Balaban J connectivity index is 0.000000437. The lowest BCUT2D eigenvalue weighted by atomic mass is 10.1. The fourth-order valence-corrected chi connectivity index (χ4v) is 0.785. The molecule has 0 aliphatic rings. The first-order valence-corrected chi connectivity index (χ1v) is 4.74. The molecule has 4 N–H and O–H groups in total. The van der Waals surface area contributed by atoms with Crippen molar-refractivity contribution in [2.45, 2.75) is 13.0 Å². The largest absolute Gasteiger partial charge is 0.478 e. The summed E-state index contributed by atoms with van der Waals surface area (Å²) in [6, 6.07) is 5.20. The third-order valence-corrected chi connectivity index (χ3v) is 1.62. The second-order valence-corrected chi connectivity index (χ2v) is 3.22. The molecule has 0 aromatic heterocycles. The number of carboxylic acid groups (broad SMARTS) is 2. The molecule has 0 saturated heterocycles. The molecular formula is C11H14O6. The van der Waals surface area contributed by atoms with Gasteiger partial charge in [0.15, 0.2) is 0 Å². The highest BCUT2D eigenvalue weighted by atomic mass is 16.4. The summed E-state index contributed by atoms with van der Waals surface area (Å²) in [7, 11) is 0. The quantitative estimate of drug-likeness (QED) is 0.611. The number of aromatic carboxylic acids is 2. The van der Waals surface area contributed by atoms with Crippen LogP contribution in [0.25, 0.3) is 0 Å². The van der Waals surface area contributed by atoms with Gasteiger partial charge in [-0.1, -0.05) is 6.07 Å². The standard InChI is InChI=1S/C8H6O4.C3H8O2/c9-7(10)5-2-1-3-6(4-5)8(11)12;1-3(5)2-4/h1-4H,(H,9,10)(H,11,12);3-5H,2H2,1H3. The molecule has 0 spiro atoms. The minimum Gasteiger partial charge on any atom is -0.478 e. The number of hydrogen-bond donors (Lipinski definition) is 4. The minimum absolute atomic E-state index is 0.0186. The van der Waals surface area contributed by atoms with Crippen molar-refractivity contribution < 1.29 is 30.0 Å². The lowest BCUT2D eigenvalue weighted by molar-refractivity contribution is 0.0696. The zero-order valence-electron chi connectivity index (χ0n) is 9.20. The minimum atomic E-state index is -1.13. The molecule has 1 rings (SSSR count). The van der Waals surface area contributed by atoms with Crippen LogP contribution in [0.2, 0.25) is 0 Å². The van der Waals surface area contributed by atoms with Crippen LogP contribution in [0.1, 0.15) is 27.6 Å². The maximum absolute atomic E-state index is 10.4. The highest BCUT2D eigenvalue weighted by molar-refractivity contribution is 5.93. The van der Waals surface area contributed by atoms with Crippen LogP contribution >= 0.6 is 0 Å². The Labute approximate surface area is 97.8 Å². The second kappa shape index (κ2) is 7.37. The zero-order chi connectivity index (χ0) is 13.4. The molecule has 0 heterocycles. The van der Waals surface area contributed by atoms with Crippen LogP contribution in [0.3, 0.4) is 0 Å². The van der Waals surface area contributed by atoms with E-state index >= 15 is 0 Å². The summed E-state index contributed by atoms with van der Waals surface area (Å²) in [6.07, 6.45) is -0.560. The van der Waals surface area contributed by atoms with Crippen molar-refractivity contribution in [3.05, 3.63) is 35.4 Å². The SMILES string of the molecule is CC(O)CO.O=C(O)c1cccc(C(=O)O)c1. The van der Waals surface area contributed by atoms with E-state index < -0.39 is 18.0 Å². The van der Waals surface area contributed by atoms with Gasteiger partial charge >= 0.3 is 11.9 Å². The number of aliphatic hydroxyl groups is 2. The highest BCUT2D eigenvalue weighted by Gasteiger charge is 2.06. The Hall–Kier alpha value is -1.92. The van der Waals surface area contributed by atoms with Crippen LogP contribution in [0.15, 0.2) is 24.3 Å². The molecule has 0 aliphatic carbocycles. The number of aliphatic hydroxyl groups excluding tert-OH is 2. The number of hydrogen-bond acceptors (Lipinski definition) is 4. The molecule has 94 valence electrons. The first kappa shape index (κ1) is 15.1. The average Bonchev–Trinajstić information content (AvgIpc) is 2.29. The van der Waals surface area contributed by atoms with Gasteiger partial charge in [-0.25, -0.2) is 9.59 Å². The number of carboxylic acids is 2. The van der Waals surface area contributed by atoms with Gasteiger partial charge in [-0.05, 0) is 25.1 Å². The van der Waals surface area contributed by atoms with E-state index in [1.165, 1.54) is 25.1 Å². The summed E-state index contributed by atoms with van der Waals surface area (Å²) in [5, 5.41) is 33.0. The van der Waals surface area contributed by atoms with Crippen LogP contribution in [0, 0.1) is 0 Å². The van der Waals surface area contributed by atoms with Crippen LogP contribution < -0.4 is 0 Å². The van der Waals surface area contributed by atoms with Crippen LogP contribution in [0.5, 0.6) is 0 Å². The number of carbonyl (C=O) groups is 2.